The van der Waals surface area contributed by atoms with Crippen molar-refractivity contribution in [1.29, 1.82) is 0 Å². The third-order valence-electron chi connectivity index (χ3n) is 2.07. The highest BCUT2D eigenvalue weighted by molar-refractivity contribution is 7.99. The van der Waals surface area contributed by atoms with E-state index in [0.717, 1.165) is 22.6 Å². The van der Waals surface area contributed by atoms with Crippen LogP contribution in [0, 0.1) is 48.4 Å². The van der Waals surface area contributed by atoms with Gasteiger partial charge in [-0.1, -0.05) is 35.5 Å². The number of benzene rings is 1. The summed E-state index contributed by atoms with van der Waals surface area (Å²) in [5.41, 5.74) is 2.00. The van der Waals surface area contributed by atoms with E-state index in [1.165, 1.54) is 0 Å². The zero-order valence-electron chi connectivity index (χ0n) is 11.1. The van der Waals surface area contributed by atoms with Crippen LogP contribution in [0.5, 0.6) is 0 Å². The van der Waals surface area contributed by atoms with Crippen LogP contribution >= 0.6 is 23.5 Å². The molecule has 0 spiro atoms. The predicted octanol–water partition coefficient (Wildman–Crippen LogP) is 3.12. The van der Waals surface area contributed by atoms with E-state index in [-0.39, 0.29) is 0 Å². The minimum atomic E-state index is 0.709. The van der Waals surface area contributed by atoms with E-state index >= 15 is 0 Å². The van der Waals surface area contributed by atoms with Gasteiger partial charge in [0.05, 0.1) is 23.0 Å². The van der Waals surface area contributed by atoms with Gasteiger partial charge in [-0.3, -0.25) is 0 Å². The molecule has 0 aliphatic heterocycles. The Hall–Kier alpha value is -1.84. The summed E-state index contributed by atoms with van der Waals surface area (Å²) in [6, 6.07) is 7.93. The van der Waals surface area contributed by atoms with Crippen LogP contribution in [0.3, 0.4) is 0 Å². The van der Waals surface area contributed by atoms with Gasteiger partial charge in [0.2, 0.25) is 0 Å². The summed E-state index contributed by atoms with van der Waals surface area (Å²) in [6.07, 6.45) is 10.3. The highest BCUT2D eigenvalue weighted by Crippen LogP contribution is 2.03. The first-order valence-corrected chi connectivity index (χ1v) is 8.28. The smallest absolute Gasteiger partial charge is 0.0560 e. The molecule has 1 rings (SSSR count). The summed E-state index contributed by atoms with van der Waals surface area (Å²) in [5.74, 6) is 20.5. The lowest BCUT2D eigenvalue weighted by Gasteiger charge is -1.92. The first kappa shape index (κ1) is 16.2. The molecule has 98 valence electrons. The van der Waals surface area contributed by atoms with E-state index in [1.807, 2.05) is 24.3 Å². The van der Waals surface area contributed by atoms with Crippen LogP contribution < -0.4 is 0 Å². The largest absolute Gasteiger partial charge is 0.136 e. The van der Waals surface area contributed by atoms with Crippen LogP contribution in [-0.2, 0) is 0 Å². The van der Waals surface area contributed by atoms with Gasteiger partial charge < -0.3 is 0 Å². The summed E-state index contributed by atoms with van der Waals surface area (Å²) in [4.78, 5) is 0. The SMILES string of the molecule is C#CCSCC#Cc1ccc(C#CCSCC#C)cc1. The third kappa shape index (κ3) is 7.56. The average molecular weight is 294 g/mol. The lowest BCUT2D eigenvalue weighted by atomic mass is 10.1. The van der Waals surface area contributed by atoms with Gasteiger partial charge >= 0.3 is 0 Å². The molecule has 0 bridgehead atoms. The van der Waals surface area contributed by atoms with Crippen molar-refractivity contribution >= 4 is 23.5 Å². The Morgan fingerprint density at radius 3 is 1.45 bits per heavy atom. The minimum Gasteiger partial charge on any atom is -0.136 e. The second kappa shape index (κ2) is 11.0. The van der Waals surface area contributed by atoms with Gasteiger partial charge in [0.15, 0.2) is 0 Å². The second-order valence-electron chi connectivity index (χ2n) is 3.57. The van der Waals surface area contributed by atoms with Crippen LogP contribution in [0.1, 0.15) is 11.1 Å². The van der Waals surface area contributed by atoms with Crippen LogP contribution in [0.4, 0.5) is 0 Å². The third-order valence-corrected chi connectivity index (χ3v) is 3.51. The van der Waals surface area contributed by atoms with Crippen molar-refractivity contribution in [1.82, 2.24) is 0 Å². The Kier molecular flexibility index (Phi) is 8.94. The molecule has 0 heterocycles. The molecular formula is C18H14S2. The van der Waals surface area contributed by atoms with Gasteiger partial charge in [0.25, 0.3) is 0 Å². The molecule has 0 fully saturated rings. The molecule has 0 saturated heterocycles. The van der Waals surface area contributed by atoms with E-state index in [4.69, 9.17) is 12.8 Å². The molecule has 20 heavy (non-hydrogen) atoms. The molecule has 0 saturated carbocycles. The van der Waals surface area contributed by atoms with Crippen LogP contribution in [-0.4, -0.2) is 23.0 Å². The van der Waals surface area contributed by atoms with Gasteiger partial charge in [-0.05, 0) is 24.3 Å². The summed E-state index contributed by atoms with van der Waals surface area (Å²) in [6.45, 7) is 0. The maximum atomic E-state index is 5.16. The molecule has 0 nitrogen and oxygen atoms in total. The maximum Gasteiger partial charge on any atom is 0.0560 e. The van der Waals surface area contributed by atoms with Crippen LogP contribution in [0.2, 0.25) is 0 Å². The minimum absolute atomic E-state index is 0.709. The fraction of sp³-hybridized carbons (Fsp3) is 0.222. The molecule has 0 aliphatic carbocycles. The molecule has 0 unspecified atom stereocenters. The van der Waals surface area contributed by atoms with Gasteiger partial charge in [-0.2, -0.15) is 0 Å². The Labute approximate surface area is 130 Å². The molecule has 2 heteroatoms. The van der Waals surface area contributed by atoms with Crippen molar-refractivity contribution in [3.8, 4) is 48.4 Å². The van der Waals surface area contributed by atoms with Crippen molar-refractivity contribution in [3.63, 3.8) is 0 Å². The van der Waals surface area contributed by atoms with Gasteiger partial charge in [0.1, 0.15) is 0 Å². The van der Waals surface area contributed by atoms with Gasteiger partial charge in [0, 0.05) is 11.1 Å². The fourth-order valence-corrected chi connectivity index (χ4v) is 2.02. The predicted molar refractivity (Wildman–Crippen MR) is 92.5 cm³/mol. The highest BCUT2D eigenvalue weighted by Gasteiger charge is 1.88. The number of thioether (sulfide) groups is 2. The summed E-state index contributed by atoms with van der Waals surface area (Å²) < 4.78 is 0. The van der Waals surface area contributed by atoms with E-state index < -0.39 is 0 Å². The summed E-state index contributed by atoms with van der Waals surface area (Å²) >= 11 is 3.29. The number of hydrogen-bond donors (Lipinski definition) is 0. The fourth-order valence-electron chi connectivity index (χ4n) is 1.24. The lowest BCUT2D eigenvalue weighted by Crippen LogP contribution is -1.80. The monoisotopic (exact) mass is 294 g/mol. The molecule has 0 aliphatic rings. The van der Waals surface area contributed by atoms with E-state index in [1.54, 1.807) is 23.5 Å². The van der Waals surface area contributed by atoms with Crippen molar-refractivity contribution in [2.45, 2.75) is 0 Å². The first-order valence-electron chi connectivity index (χ1n) is 5.97. The Morgan fingerprint density at radius 1 is 0.700 bits per heavy atom. The zero-order chi connectivity index (χ0) is 14.5. The standard InChI is InChI=1S/C18H14S2/c1-3-13-19-15-5-7-17-9-11-18(12-10-17)8-6-16-20-14-4-2/h1-2,9-12H,13-16H2. The topological polar surface area (TPSA) is 0 Å². The van der Waals surface area contributed by atoms with E-state index in [9.17, 15) is 0 Å². The normalized spacial score (nSPS) is 8.30. The lowest BCUT2D eigenvalue weighted by molar-refractivity contribution is 1.60. The van der Waals surface area contributed by atoms with Crippen molar-refractivity contribution in [2.75, 3.05) is 23.0 Å². The molecule has 0 radical (unpaired) electrons. The molecule has 0 aromatic heterocycles. The number of hydrogen-bond acceptors (Lipinski definition) is 2. The molecular weight excluding hydrogens is 280 g/mol. The molecule has 1 aromatic rings. The van der Waals surface area contributed by atoms with Gasteiger partial charge in [-0.25, -0.2) is 0 Å². The summed E-state index contributed by atoms with van der Waals surface area (Å²) in [7, 11) is 0. The van der Waals surface area contributed by atoms with E-state index in [0.29, 0.717) is 11.5 Å². The van der Waals surface area contributed by atoms with Crippen molar-refractivity contribution in [2.24, 2.45) is 0 Å². The summed E-state index contributed by atoms with van der Waals surface area (Å²) in [5, 5.41) is 0. The second-order valence-corrected chi connectivity index (χ2v) is 5.55. The highest BCUT2D eigenvalue weighted by atomic mass is 32.2. The Balaban J connectivity index is 2.44. The van der Waals surface area contributed by atoms with Crippen molar-refractivity contribution in [3.05, 3.63) is 35.4 Å². The molecule has 0 N–H and O–H groups in total. The Bertz CT molecular complexity index is 547. The molecule has 0 amide bonds. The van der Waals surface area contributed by atoms with Gasteiger partial charge in [-0.15, -0.1) is 36.4 Å². The van der Waals surface area contributed by atoms with Crippen molar-refractivity contribution < 1.29 is 0 Å². The molecule has 1 aromatic carbocycles. The number of terminal acetylenes is 2. The molecule has 0 atom stereocenters. The Morgan fingerprint density at radius 2 is 1.10 bits per heavy atom. The zero-order valence-corrected chi connectivity index (χ0v) is 12.7. The van der Waals surface area contributed by atoms with Crippen LogP contribution in [0.15, 0.2) is 24.3 Å². The average Bonchev–Trinajstić information content (AvgIpc) is 2.48. The van der Waals surface area contributed by atoms with E-state index in [2.05, 4.69) is 35.5 Å². The maximum absolute atomic E-state index is 5.16. The first-order chi connectivity index (χ1) is 9.86. The van der Waals surface area contributed by atoms with Crippen LogP contribution in [0.25, 0.3) is 0 Å². The number of rotatable bonds is 4. The quantitative estimate of drug-likeness (QED) is 0.618.